The summed E-state index contributed by atoms with van der Waals surface area (Å²) in [5, 5.41) is 11.2. The first-order valence-electron chi connectivity index (χ1n) is 20.8. The minimum absolute atomic E-state index is 0. The largest absolute Gasteiger partial charge is 0.508 e. The molecule has 1 fully saturated rings. The van der Waals surface area contributed by atoms with E-state index in [0.717, 1.165) is 48.1 Å². The molecule has 58 heavy (non-hydrogen) atoms. The highest BCUT2D eigenvalue weighted by Crippen LogP contribution is 2.43. The maximum absolute atomic E-state index is 15.3. The van der Waals surface area contributed by atoms with Gasteiger partial charge in [-0.15, -0.1) is 12.4 Å². The molecule has 2 amide bonds. The highest BCUT2D eigenvalue weighted by Gasteiger charge is 2.36. The molecule has 0 bridgehead atoms. The van der Waals surface area contributed by atoms with E-state index in [-0.39, 0.29) is 47.5 Å². The van der Waals surface area contributed by atoms with E-state index < -0.39 is 6.75 Å². The van der Waals surface area contributed by atoms with Crippen LogP contribution in [0.2, 0.25) is 0 Å². The maximum Gasteiger partial charge on any atom is 0.264 e. The summed E-state index contributed by atoms with van der Waals surface area (Å²) in [6, 6.07) is 27.9. The van der Waals surface area contributed by atoms with Crippen LogP contribution in [-0.2, 0) is 37.7 Å². The second-order valence-corrected chi connectivity index (χ2v) is 15.4. The standard InChI is InChI=1S/C46H45N5O6.ClH/c1-47-17-15-31-23-34(11-14-40(31)47)51(33-9-12-36(52)13-10-33)46(54)39-24-42(49-16-5-4-8-41(39)49)37-25-43-44(57-29-56-43)26-38(37)45(53)50-27-32-7-3-2-6-30(32)22-35(50)28-48-18-20-55-21-19-48;/h2-3,6-7,9-15,17,23-26,35,52H,4-5,8,16,18-22,27-29H2,1H3;1H/t35-;/m0./s1/i29D2;. The lowest BCUT2D eigenvalue weighted by molar-refractivity contribution is 0.0193. The second kappa shape index (κ2) is 15.5. The number of anilines is 2. The highest BCUT2D eigenvalue weighted by atomic mass is 35.5. The number of fused-ring (bicyclic) bond motifs is 4. The van der Waals surface area contributed by atoms with Gasteiger partial charge in [0.1, 0.15) is 8.49 Å². The first-order chi connectivity index (χ1) is 28.6. The molecule has 298 valence electrons. The summed E-state index contributed by atoms with van der Waals surface area (Å²) in [4.78, 5) is 36.6. The van der Waals surface area contributed by atoms with Crippen molar-refractivity contribution in [1.82, 2.24) is 18.9 Å². The number of amides is 2. The molecular weight excluding hydrogens is 754 g/mol. The Balaban J connectivity index is 0.00000462. The molecule has 2 aromatic heterocycles. The van der Waals surface area contributed by atoms with Crippen molar-refractivity contribution in [3.05, 3.63) is 125 Å². The van der Waals surface area contributed by atoms with Crippen molar-refractivity contribution < 1.29 is 31.6 Å². The van der Waals surface area contributed by atoms with Crippen molar-refractivity contribution in [3.8, 4) is 28.5 Å². The number of hydrogen-bond acceptors (Lipinski definition) is 7. The van der Waals surface area contributed by atoms with Crippen LogP contribution in [0.1, 0.15) is 53.1 Å². The van der Waals surface area contributed by atoms with Crippen molar-refractivity contribution in [2.45, 2.75) is 44.8 Å². The Morgan fingerprint density at radius 1 is 0.862 bits per heavy atom. The normalized spacial score (nSPS) is 18.8. The SMILES string of the molecule is Cl.[2H]C1([2H])Oc2cc(C(=O)N3Cc4ccccc4C[C@H]3CN3CCOCC3)c(-c3cc(C(=O)N(c4ccc(O)cc4)c4ccc5c(ccn5C)c4)c4n3CCCC4)cc2O1. The summed E-state index contributed by atoms with van der Waals surface area (Å²) >= 11 is 0. The minimum Gasteiger partial charge on any atom is -0.508 e. The van der Waals surface area contributed by atoms with E-state index in [1.165, 1.54) is 5.56 Å². The van der Waals surface area contributed by atoms with E-state index in [0.29, 0.717) is 79.4 Å². The van der Waals surface area contributed by atoms with E-state index in [1.54, 1.807) is 41.3 Å². The quantitative estimate of drug-likeness (QED) is 0.177. The average Bonchev–Trinajstić information content (AvgIpc) is 3.91. The first kappa shape index (κ1) is 35.4. The maximum atomic E-state index is 15.3. The molecule has 4 aliphatic heterocycles. The van der Waals surface area contributed by atoms with Crippen LogP contribution in [0.4, 0.5) is 11.4 Å². The minimum atomic E-state index is -2.41. The molecule has 1 atom stereocenters. The molecule has 11 nitrogen and oxygen atoms in total. The molecular formula is C46H46ClN5O6. The van der Waals surface area contributed by atoms with Crippen molar-refractivity contribution >= 4 is 46.5 Å². The Labute approximate surface area is 346 Å². The van der Waals surface area contributed by atoms with Crippen molar-refractivity contribution in [3.63, 3.8) is 0 Å². The molecule has 0 spiro atoms. The monoisotopic (exact) mass is 801 g/mol. The van der Waals surface area contributed by atoms with Gasteiger partial charge in [-0.1, -0.05) is 24.3 Å². The van der Waals surface area contributed by atoms with E-state index in [4.69, 9.17) is 17.0 Å². The molecule has 0 unspecified atom stereocenters. The zero-order chi connectivity index (χ0) is 40.4. The van der Waals surface area contributed by atoms with Gasteiger partial charge in [-0.2, -0.15) is 0 Å². The third-order valence-electron chi connectivity index (χ3n) is 12.0. The Hall–Kier alpha value is -5.75. The summed E-state index contributed by atoms with van der Waals surface area (Å²) in [6.07, 6.45) is 5.12. The zero-order valence-corrected chi connectivity index (χ0v) is 33.0. The van der Waals surface area contributed by atoms with Crippen LogP contribution in [0.15, 0.2) is 97.2 Å². The molecule has 6 aromatic rings. The number of benzene rings is 4. The summed E-state index contributed by atoms with van der Waals surface area (Å²) in [5.41, 5.74) is 7.56. The molecule has 0 aliphatic carbocycles. The van der Waals surface area contributed by atoms with Crippen LogP contribution in [0, 0.1) is 0 Å². The lowest BCUT2D eigenvalue weighted by atomic mass is 9.92. The number of aromatic nitrogens is 2. The van der Waals surface area contributed by atoms with Crippen molar-refractivity contribution in [1.29, 1.82) is 0 Å². The van der Waals surface area contributed by atoms with E-state index >= 15 is 9.59 Å². The fourth-order valence-corrected chi connectivity index (χ4v) is 9.04. The fourth-order valence-electron chi connectivity index (χ4n) is 9.04. The number of aromatic hydroxyl groups is 1. The number of halogens is 1. The summed E-state index contributed by atoms with van der Waals surface area (Å²) < 4.78 is 37.7. The van der Waals surface area contributed by atoms with Crippen LogP contribution >= 0.6 is 12.4 Å². The number of nitrogens with zero attached hydrogens (tertiary/aromatic N) is 5. The number of morpholine rings is 1. The van der Waals surface area contributed by atoms with Crippen LogP contribution in [0.25, 0.3) is 22.2 Å². The number of carbonyl (C=O) groups excluding carboxylic acids is 2. The third-order valence-corrected chi connectivity index (χ3v) is 12.0. The number of aryl methyl sites for hydroxylation is 1. The van der Waals surface area contributed by atoms with Gasteiger partial charge in [0.15, 0.2) is 11.5 Å². The van der Waals surface area contributed by atoms with Gasteiger partial charge in [0, 0.05) is 91.2 Å². The smallest absolute Gasteiger partial charge is 0.264 e. The number of phenolic OH excluding ortho intramolecular Hbond substituents is 1. The Morgan fingerprint density at radius 3 is 2.43 bits per heavy atom. The number of carbonyl (C=O) groups is 2. The summed E-state index contributed by atoms with van der Waals surface area (Å²) in [6.45, 7) is 2.21. The van der Waals surface area contributed by atoms with Gasteiger partial charge in [0.25, 0.3) is 11.8 Å². The van der Waals surface area contributed by atoms with Crippen LogP contribution in [-0.4, -0.2) is 81.5 Å². The second-order valence-electron chi connectivity index (χ2n) is 15.4. The molecule has 4 aliphatic rings. The van der Waals surface area contributed by atoms with Crippen LogP contribution in [0.3, 0.4) is 0 Å². The zero-order valence-electron chi connectivity index (χ0n) is 34.2. The van der Waals surface area contributed by atoms with E-state index in [9.17, 15) is 5.11 Å². The number of ether oxygens (including phenoxy) is 3. The van der Waals surface area contributed by atoms with E-state index in [2.05, 4.69) is 21.6 Å². The topological polar surface area (TPSA) is 102 Å². The molecule has 1 N–H and O–H groups in total. The molecule has 4 aromatic carbocycles. The predicted molar refractivity (Wildman–Crippen MR) is 225 cm³/mol. The summed E-state index contributed by atoms with van der Waals surface area (Å²) in [7, 11) is 1.98. The van der Waals surface area contributed by atoms with Gasteiger partial charge in [-0.05, 0) is 104 Å². The Kier molecular flexibility index (Phi) is 9.49. The molecule has 6 heterocycles. The Bertz CT molecular complexity index is 2620. The van der Waals surface area contributed by atoms with Crippen molar-refractivity contribution in [2.24, 2.45) is 7.05 Å². The number of phenols is 1. The van der Waals surface area contributed by atoms with Gasteiger partial charge >= 0.3 is 0 Å². The van der Waals surface area contributed by atoms with Gasteiger partial charge in [0.2, 0.25) is 6.75 Å². The highest BCUT2D eigenvalue weighted by molar-refractivity contribution is 6.13. The third kappa shape index (κ3) is 6.76. The molecule has 0 radical (unpaired) electrons. The fraction of sp³-hybridized carbons (Fsp3) is 0.304. The number of rotatable bonds is 7. The predicted octanol–water partition coefficient (Wildman–Crippen LogP) is 7.72. The van der Waals surface area contributed by atoms with Crippen LogP contribution in [0.5, 0.6) is 17.2 Å². The number of hydrogen-bond donors (Lipinski definition) is 1. The molecule has 1 saturated heterocycles. The first-order valence-corrected chi connectivity index (χ1v) is 19.8. The summed E-state index contributed by atoms with van der Waals surface area (Å²) in [5.74, 6) is -0.00645. The van der Waals surface area contributed by atoms with Gasteiger partial charge in [0.05, 0.1) is 24.3 Å². The molecule has 10 rings (SSSR count). The average molecular weight is 802 g/mol. The Morgan fingerprint density at radius 2 is 1.62 bits per heavy atom. The lowest BCUT2D eigenvalue weighted by Crippen LogP contribution is -2.52. The van der Waals surface area contributed by atoms with Gasteiger partial charge < -0.3 is 33.4 Å². The van der Waals surface area contributed by atoms with Gasteiger partial charge in [-0.3, -0.25) is 19.4 Å². The van der Waals surface area contributed by atoms with Crippen molar-refractivity contribution in [2.75, 3.05) is 44.5 Å². The molecule has 12 heteroatoms. The lowest BCUT2D eigenvalue weighted by Gasteiger charge is -2.40. The van der Waals surface area contributed by atoms with E-state index in [1.807, 2.05) is 65.2 Å². The van der Waals surface area contributed by atoms with Crippen LogP contribution < -0.4 is 14.4 Å². The van der Waals surface area contributed by atoms with Gasteiger partial charge in [-0.25, -0.2) is 0 Å². The molecule has 0 saturated carbocycles.